The highest BCUT2D eigenvalue weighted by atomic mass is 14.6. The van der Waals surface area contributed by atoms with E-state index in [1.165, 1.54) is 24.3 Å². The Balaban J connectivity index is 2.86. The molecule has 0 atom stereocenters. The van der Waals surface area contributed by atoms with Gasteiger partial charge in [0.05, 0.1) is 0 Å². The van der Waals surface area contributed by atoms with Gasteiger partial charge in [-0.2, -0.15) is 0 Å². The van der Waals surface area contributed by atoms with Crippen LogP contribution in [0.3, 0.4) is 0 Å². The third-order valence-corrected chi connectivity index (χ3v) is 0.850. The molecular formula is C6H8N2. The fraction of sp³-hybridized carbons (Fsp3) is 0. The van der Waals surface area contributed by atoms with Crippen LogP contribution in [0.15, 0.2) is 24.3 Å². The Hall–Kier alpha value is -1.18. The Morgan fingerprint density at radius 2 is 1.38 bits per heavy atom. The summed E-state index contributed by atoms with van der Waals surface area (Å²) in [7, 11) is 0. The first-order valence-electron chi connectivity index (χ1n) is 4.06. The second kappa shape index (κ2) is 1.74. The molecule has 42 valence electrons. The SMILES string of the molecule is [2H]N([2H])c1ccc(N([2H])[2H])cc1. The fourth-order valence-electron chi connectivity index (χ4n) is 0.453. The summed E-state index contributed by atoms with van der Waals surface area (Å²) in [4.78, 5) is 0. The van der Waals surface area contributed by atoms with Gasteiger partial charge in [0, 0.05) is 11.4 Å². The van der Waals surface area contributed by atoms with Gasteiger partial charge >= 0.3 is 0 Å². The van der Waals surface area contributed by atoms with Crippen LogP contribution >= 0.6 is 0 Å². The van der Waals surface area contributed by atoms with Crippen LogP contribution < -0.4 is 11.4 Å². The van der Waals surface area contributed by atoms with Crippen molar-refractivity contribution in [3.05, 3.63) is 24.3 Å². The second-order valence-electron chi connectivity index (χ2n) is 1.52. The lowest BCUT2D eigenvalue weighted by Gasteiger charge is -1.90. The zero-order chi connectivity index (χ0) is 9.14. The average Bonchev–Trinajstić information content (AvgIpc) is 2.04. The van der Waals surface area contributed by atoms with Gasteiger partial charge in [0.2, 0.25) is 0 Å². The number of hydrogen-bond donors (Lipinski definition) is 2. The van der Waals surface area contributed by atoms with Crippen molar-refractivity contribution in [3.8, 4) is 0 Å². The van der Waals surface area contributed by atoms with E-state index < -0.39 is 0 Å². The quantitative estimate of drug-likeness (QED) is 0.557. The first-order chi connectivity index (χ1) is 5.61. The maximum absolute atomic E-state index is 6.89. The van der Waals surface area contributed by atoms with Crippen molar-refractivity contribution < 1.29 is 5.65 Å². The minimum absolute atomic E-state index is 0.403. The zero-order valence-corrected chi connectivity index (χ0v) is 4.20. The molecule has 0 bridgehead atoms. The molecule has 0 aliphatic carbocycles. The Kier molecular flexibility index (Phi) is 0.429. The van der Waals surface area contributed by atoms with E-state index in [0.29, 0.717) is 22.8 Å². The third kappa shape index (κ3) is 0.904. The topological polar surface area (TPSA) is 52.0 Å². The van der Waals surface area contributed by atoms with Gasteiger partial charge in [-0.3, -0.25) is 0 Å². The number of rotatable bonds is 2. The van der Waals surface area contributed by atoms with Crippen molar-refractivity contribution in [2.24, 2.45) is 0 Å². The summed E-state index contributed by atoms with van der Waals surface area (Å²) >= 11 is 0. The van der Waals surface area contributed by atoms with Gasteiger partial charge in [-0.05, 0) is 24.3 Å². The number of benzene rings is 1. The molecule has 1 rings (SSSR count). The lowest BCUT2D eigenvalue weighted by molar-refractivity contribution is 1.67. The predicted octanol–water partition coefficient (Wildman–Crippen LogP) is 0.851. The fourth-order valence-corrected chi connectivity index (χ4v) is 0.453. The highest BCUT2D eigenvalue weighted by molar-refractivity contribution is 5.47. The standard InChI is InChI=1S/C6H8N2/c7-5-1-2-6(8)4-3-5/h1-4H,7-8H2/i/hD4. The molecule has 0 aliphatic heterocycles. The van der Waals surface area contributed by atoms with Gasteiger partial charge < -0.3 is 11.4 Å². The first kappa shape index (κ1) is 1.97. The van der Waals surface area contributed by atoms with Crippen LogP contribution in [0.1, 0.15) is 0 Å². The lowest BCUT2D eigenvalue weighted by Crippen LogP contribution is -1.86. The van der Waals surface area contributed by atoms with Gasteiger partial charge in [0.25, 0.3) is 0 Å². The molecule has 0 saturated carbocycles. The van der Waals surface area contributed by atoms with E-state index in [4.69, 9.17) is 5.65 Å². The summed E-state index contributed by atoms with van der Waals surface area (Å²) in [5, 5.41) is 0. The Labute approximate surface area is 54.0 Å². The normalized spacial score (nSPS) is 15.0. The molecule has 2 heteroatoms. The van der Waals surface area contributed by atoms with Gasteiger partial charge in [0.15, 0.2) is 5.65 Å². The molecule has 0 saturated heterocycles. The summed E-state index contributed by atoms with van der Waals surface area (Å²) in [6.45, 7) is 0. The van der Waals surface area contributed by atoms with Crippen LogP contribution in [0.2, 0.25) is 5.65 Å². The van der Waals surface area contributed by atoms with E-state index in [1.54, 1.807) is 0 Å². The molecule has 0 unspecified atom stereocenters. The van der Waals surface area contributed by atoms with E-state index in [0.717, 1.165) is 0 Å². The highest BCUT2D eigenvalue weighted by Gasteiger charge is 1.80. The van der Waals surface area contributed by atoms with Crippen molar-refractivity contribution in [2.75, 3.05) is 11.4 Å². The highest BCUT2D eigenvalue weighted by Crippen LogP contribution is 2.04. The predicted molar refractivity (Wildman–Crippen MR) is 35.3 cm³/mol. The molecule has 0 amide bonds. The maximum Gasteiger partial charge on any atom is 0.156 e. The summed E-state index contributed by atoms with van der Waals surface area (Å²) < 4.78 is 27.6. The van der Waals surface area contributed by atoms with Crippen LogP contribution in [0.4, 0.5) is 11.4 Å². The van der Waals surface area contributed by atoms with Crippen molar-refractivity contribution in [2.45, 2.75) is 0 Å². The summed E-state index contributed by atoms with van der Waals surface area (Å²) in [5.74, 6) is 0. The van der Waals surface area contributed by atoms with Crippen molar-refractivity contribution in [3.63, 3.8) is 0 Å². The minimum atomic E-state index is 0.403. The third-order valence-electron chi connectivity index (χ3n) is 0.850. The first-order valence-corrected chi connectivity index (χ1v) is 2.27. The van der Waals surface area contributed by atoms with Gasteiger partial charge in [-0.1, -0.05) is 0 Å². The van der Waals surface area contributed by atoms with Crippen molar-refractivity contribution in [1.29, 1.82) is 0 Å². The molecule has 0 radical (unpaired) electrons. The van der Waals surface area contributed by atoms with E-state index >= 15 is 0 Å². The largest absolute Gasteiger partial charge is 0.399 e. The number of hydrogen-bond acceptors (Lipinski definition) is 2. The van der Waals surface area contributed by atoms with Crippen molar-refractivity contribution in [1.82, 2.24) is 0 Å². The second-order valence-corrected chi connectivity index (χ2v) is 1.52. The van der Waals surface area contributed by atoms with Crippen LogP contribution in [0.25, 0.3) is 0 Å². The van der Waals surface area contributed by atoms with Crippen molar-refractivity contribution >= 4 is 11.4 Å². The molecule has 2 nitrogen and oxygen atoms in total. The molecule has 0 aromatic heterocycles. The van der Waals surface area contributed by atoms with Crippen LogP contribution in [-0.4, -0.2) is 0 Å². The van der Waals surface area contributed by atoms with Gasteiger partial charge in [0.1, 0.15) is 0 Å². The molecule has 0 spiro atoms. The average molecular weight is 112 g/mol. The molecule has 8 heavy (non-hydrogen) atoms. The molecule has 1 aromatic carbocycles. The Bertz CT molecular complexity index is 219. The molecule has 4 N–H and O–H groups in total. The molecule has 0 aliphatic rings. The lowest BCUT2D eigenvalue weighted by atomic mass is 10.3. The number of nitrogens with two attached hydrogens (primary N) is 2. The Morgan fingerprint density at radius 3 is 1.62 bits per heavy atom. The van der Waals surface area contributed by atoms with E-state index in [9.17, 15) is 0 Å². The molecular weight excluding hydrogens is 100 g/mol. The molecule has 0 heterocycles. The van der Waals surface area contributed by atoms with Crippen LogP contribution in [0.5, 0.6) is 0 Å². The summed E-state index contributed by atoms with van der Waals surface area (Å²) in [6, 6.07) is 6.02. The van der Waals surface area contributed by atoms with Gasteiger partial charge in [-0.15, -0.1) is 0 Å². The number of anilines is 2. The van der Waals surface area contributed by atoms with Gasteiger partial charge in [-0.25, -0.2) is 0 Å². The summed E-state index contributed by atoms with van der Waals surface area (Å²) in [6.07, 6.45) is 0. The minimum Gasteiger partial charge on any atom is -0.399 e. The number of nitrogen functional groups attached to an aromatic ring is 2. The maximum atomic E-state index is 6.89. The zero-order valence-electron chi connectivity index (χ0n) is 8.20. The smallest absolute Gasteiger partial charge is 0.156 e. The van der Waals surface area contributed by atoms with E-state index in [-0.39, 0.29) is 0 Å². The molecule has 1 aromatic rings. The Morgan fingerprint density at radius 1 is 1.00 bits per heavy atom. The summed E-state index contributed by atoms with van der Waals surface area (Å²) in [5.41, 5.74) is 1.76. The van der Waals surface area contributed by atoms with E-state index in [1.807, 2.05) is 0 Å². The van der Waals surface area contributed by atoms with E-state index in [2.05, 4.69) is 0 Å². The monoisotopic (exact) mass is 112 g/mol. The van der Waals surface area contributed by atoms with Crippen LogP contribution in [0, 0.1) is 0 Å². The van der Waals surface area contributed by atoms with Crippen LogP contribution in [-0.2, 0) is 0 Å². The molecule has 0 fully saturated rings.